The van der Waals surface area contributed by atoms with Crippen LogP contribution in [0.1, 0.15) is 59.0 Å². The van der Waals surface area contributed by atoms with Crippen LogP contribution in [0.5, 0.6) is 0 Å². The van der Waals surface area contributed by atoms with Crippen LogP contribution in [-0.2, 0) is 0 Å². The zero-order valence-electron chi connectivity index (χ0n) is 17.0. The molecule has 1 N–H and O–H groups in total. The van der Waals surface area contributed by atoms with Crippen LogP contribution in [0.25, 0.3) is 5.69 Å². The number of hydrogen-bond donors (Lipinski definition) is 1. The predicted octanol–water partition coefficient (Wildman–Crippen LogP) is 3.32. The van der Waals surface area contributed by atoms with E-state index in [1.54, 1.807) is 16.9 Å². The minimum atomic E-state index is -0.0820. The Morgan fingerprint density at radius 2 is 1.90 bits per heavy atom. The standard InChI is InChI=1S/C21H24N6O2S/c1-14(2)15-5-7-17(8-6-15)27-21(23-24-25-27)30-13-19(28)16-11-18(22-12-16)20(29)26-9-3-4-10-26/h5-8,11-12,14,22H,3-4,9-10,13H2,1-2H3. The Morgan fingerprint density at radius 1 is 1.17 bits per heavy atom. The summed E-state index contributed by atoms with van der Waals surface area (Å²) < 4.78 is 1.63. The third kappa shape index (κ3) is 4.30. The first-order valence-corrected chi connectivity index (χ1v) is 11.0. The van der Waals surface area contributed by atoms with Gasteiger partial charge in [-0.15, -0.1) is 5.10 Å². The molecule has 0 unspecified atom stereocenters. The van der Waals surface area contributed by atoms with Crippen LogP contribution in [0.2, 0.25) is 0 Å². The van der Waals surface area contributed by atoms with Crippen molar-refractivity contribution in [1.82, 2.24) is 30.1 Å². The summed E-state index contributed by atoms with van der Waals surface area (Å²) >= 11 is 1.27. The number of carbonyl (C=O) groups excluding carboxylic acids is 2. The van der Waals surface area contributed by atoms with Crippen LogP contribution < -0.4 is 0 Å². The molecule has 0 saturated carbocycles. The summed E-state index contributed by atoms with van der Waals surface area (Å²) in [5.41, 5.74) is 3.04. The van der Waals surface area contributed by atoms with E-state index < -0.39 is 0 Å². The molecular formula is C21H24N6O2S. The lowest BCUT2D eigenvalue weighted by atomic mass is 10.0. The topological polar surface area (TPSA) is 96.8 Å². The molecule has 156 valence electrons. The van der Waals surface area contributed by atoms with Gasteiger partial charge in [0.25, 0.3) is 5.91 Å². The minimum absolute atomic E-state index is 0.0482. The number of nitrogens with one attached hydrogen (secondary N) is 1. The van der Waals surface area contributed by atoms with Crippen molar-refractivity contribution < 1.29 is 9.59 Å². The molecule has 3 aromatic rings. The van der Waals surface area contributed by atoms with Crippen LogP contribution >= 0.6 is 11.8 Å². The second kappa shape index (κ2) is 8.83. The Kier molecular flexibility index (Phi) is 5.98. The molecule has 1 aliphatic rings. The van der Waals surface area contributed by atoms with E-state index in [0.717, 1.165) is 31.6 Å². The molecule has 1 saturated heterocycles. The van der Waals surface area contributed by atoms with Crippen molar-refractivity contribution in [2.24, 2.45) is 0 Å². The first-order chi connectivity index (χ1) is 14.5. The smallest absolute Gasteiger partial charge is 0.270 e. The van der Waals surface area contributed by atoms with Crippen LogP contribution in [0.3, 0.4) is 0 Å². The van der Waals surface area contributed by atoms with Gasteiger partial charge in [0.05, 0.1) is 11.4 Å². The van der Waals surface area contributed by atoms with Crippen molar-refractivity contribution in [3.05, 3.63) is 53.3 Å². The normalized spacial score (nSPS) is 13.9. The first kappa shape index (κ1) is 20.3. The van der Waals surface area contributed by atoms with Gasteiger partial charge in [-0.3, -0.25) is 9.59 Å². The molecule has 0 atom stereocenters. The lowest BCUT2D eigenvalue weighted by molar-refractivity contribution is 0.0787. The third-order valence-electron chi connectivity index (χ3n) is 5.21. The first-order valence-electron chi connectivity index (χ1n) is 10.1. The van der Waals surface area contributed by atoms with Gasteiger partial charge in [0, 0.05) is 24.8 Å². The molecule has 1 fully saturated rings. The van der Waals surface area contributed by atoms with Crippen molar-refractivity contribution in [2.45, 2.75) is 37.8 Å². The van der Waals surface area contributed by atoms with Gasteiger partial charge in [-0.05, 0) is 52.9 Å². The molecule has 0 spiro atoms. The number of benzene rings is 1. The van der Waals surface area contributed by atoms with Crippen molar-refractivity contribution >= 4 is 23.5 Å². The van der Waals surface area contributed by atoms with E-state index in [4.69, 9.17) is 0 Å². The maximum atomic E-state index is 12.6. The number of tetrazole rings is 1. The van der Waals surface area contributed by atoms with Gasteiger partial charge in [-0.2, -0.15) is 4.68 Å². The lowest BCUT2D eigenvalue weighted by Gasteiger charge is -2.13. The van der Waals surface area contributed by atoms with Crippen molar-refractivity contribution in [3.63, 3.8) is 0 Å². The summed E-state index contributed by atoms with van der Waals surface area (Å²) in [6.07, 6.45) is 3.66. The summed E-state index contributed by atoms with van der Waals surface area (Å²) in [7, 11) is 0. The number of hydrogen-bond acceptors (Lipinski definition) is 6. The molecular weight excluding hydrogens is 400 g/mol. The van der Waals surface area contributed by atoms with Crippen molar-refractivity contribution in [3.8, 4) is 5.69 Å². The van der Waals surface area contributed by atoms with E-state index in [2.05, 4.69) is 46.5 Å². The fourth-order valence-electron chi connectivity index (χ4n) is 3.41. The highest BCUT2D eigenvalue weighted by Crippen LogP contribution is 2.22. The number of aromatic amines is 1. The maximum Gasteiger partial charge on any atom is 0.270 e. The lowest BCUT2D eigenvalue weighted by Crippen LogP contribution is -2.27. The number of ketones is 1. The van der Waals surface area contributed by atoms with Gasteiger partial charge in [-0.25, -0.2) is 0 Å². The molecule has 0 bridgehead atoms. The molecule has 1 amide bonds. The largest absolute Gasteiger partial charge is 0.356 e. The number of H-pyrrole nitrogens is 1. The Bertz CT molecular complexity index is 1030. The van der Waals surface area contributed by atoms with Crippen LogP contribution in [0.4, 0.5) is 0 Å². The molecule has 4 rings (SSSR count). The Balaban J connectivity index is 1.40. The minimum Gasteiger partial charge on any atom is -0.356 e. The van der Waals surface area contributed by atoms with Gasteiger partial charge in [0.1, 0.15) is 5.69 Å². The average Bonchev–Trinajstić information content (AvgIpc) is 3.53. The van der Waals surface area contributed by atoms with Crippen molar-refractivity contribution in [1.29, 1.82) is 0 Å². The zero-order valence-corrected chi connectivity index (χ0v) is 17.9. The second-order valence-electron chi connectivity index (χ2n) is 7.63. The molecule has 2 aromatic heterocycles. The number of nitrogens with zero attached hydrogens (tertiary/aromatic N) is 5. The molecule has 3 heterocycles. The number of amides is 1. The Labute approximate surface area is 179 Å². The highest BCUT2D eigenvalue weighted by Gasteiger charge is 2.22. The molecule has 0 radical (unpaired) electrons. The van der Waals surface area contributed by atoms with E-state index >= 15 is 0 Å². The van der Waals surface area contributed by atoms with E-state index in [1.807, 2.05) is 17.0 Å². The van der Waals surface area contributed by atoms with Gasteiger partial charge in [-0.1, -0.05) is 37.7 Å². The summed E-state index contributed by atoms with van der Waals surface area (Å²) in [6, 6.07) is 9.69. The zero-order chi connectivity index (χ0) is 21.1. The van der Waals surface area contributed by atoms with Gasteiger partial charge >= 0.3 is 0 Å². The summed E-state index contributed by atoms with van der Waals surface area (Å²) in [6.45, 7) is 5.84. The summed E-state index contributed by atoms with van der Waals surface area (Å²) in [5.74, 6) is 0.497. The highest BCUT2D eigenvalue weighted by atomic mass is 32.2. The molecule has 8 nitrogen and oxygen atoms in total. The molecule has 30 heavy (non-hydrogen) atoms. The van der Waals surface area contributed by atoms with Crippen LogP contribution in [0, 0.1) is 0 Å². The number of Topliss-reactive ketones (excluding diaryl/α,β-unsaturated/α-hetero) is 1. The number of rotatable bonds is 7. The predicted molar refractivity (Wildman–Crippen MR) is 114 cm³/mol. The van der Waals surface area contributed by atoms with E-state index in [0.29, 0.717) is 22.3 Å². The number of likely N-dealkylation sites (tertiary alicyclic amines) is 1. The Morgan fingerprint density at radius 3 is 2.60 bits per heavy atom. The van der Waals surface area contributed by atoms with E-state index in [-0.39, 0.29) is 17.4 Å². The third-order valence-corrected chi connectivity index (χ3v) is 6.13. The average molecular weight is 425 g/mol. The molecule has 9 heteroatoms. The number of thioether (sulfide) groups is 1. The number of carbonyl (C=O) groups is 2. The SMILES string of the molecule is CC(C)c1ccc(-n2nnnc2SCC(=O)c2c[nH]c(C(=O)N3CCCC3)c2)cc1. The molecule has 1 aliphatic heterocycles. The summed E-state index contributed by atoms with van der Waals surface area (Å²) in [4.78, 5) is 29.8. The Hall–Kier alpha value is -2.94. The van der Waals surface area contributed by atoms with E-state index in [1.165, 1.54) is 17.3 Å². The molecule has 1 aromatic carbocycles. The van der Waals surface area contributed by atoms with Gasteiger partial charge < -0.3 is 9.88 Å². The summed E-state index contributed by atoms with van der Waals surface area (Å²) in [5, 5.41) is 12.4. The van der Waals surface area contributed by atoms with Gasteiger partial charge in [0.15, 0.2) is 5.78 Å². The fourth-order valence-corrected chi connectivity index (χ4v) is 4.20. The maximum absolute atomic E-state index is 12.6. The number of aromatic nitrogens is 5. The fraction of sp³-hybridized carbons (Fsp3) is 0.381. The monoisotopic (exact) mass is 424 g/mol. The second-order valence-corrected chi connectivity index (χ2v) is 8.58. The van der Waals surface area contributed by atoms with E-state index in [9.17, 15) is 9.59 Å². The van der Waals surface area contributed by atoms with Gasteiger partial charge in [0.2, 0.25) is 5.16 Å². The molecule has 0 aliphatic carbocycles. The quantitative estimate of drug-likeness (QED) is 0.462. The highest BCUT2D eigenvalue weighted by molar-refractivity contribution is 7.99. The van der Waals surface area contributed by atoms with Crippen LogP contribution in [-0.4, -0.2) is 60.6 Å². The van der Waals surface area contributed by atoms with Crippen LogP contribution in [0.15, 0.2) is 41.7 Å². The van der Waals surface area contributed by atoms with Crippen molar-refractivity contribution in [2.75, 3.05) is 18.8 Å².